The highest BCUT2D eigenvalue weighted by atomic mass is 16.5. The van der Waals surface area contributed by atoms with Crippen molar-refractivity contribution in [3.05, 3.63) is 0 Å². The zero-order valence-electron chi connectivity index (χ0n) is 12.3. The summed E-state index contributed by atoms with van der Waals surface area (Å²) in [6.07, 6.45) is 0.711. The van der Waals surface area contributed by atoms with Gasteiger partial charge in [-0.3, -0.25) is 4.79 Å². The van der Waals surface area contributed by atoms with E-state index >= 15 is 0 Å². The fourth-order valence-corrected chi connectivity index (χ4v) is 2.35. The van der Waals surface area contributed by atoms with Gasteiger partial charge in [-0.25, -0.2) is 4.79 Å². The fraction of sp³-hybridized carbons (Fsp3) is 0.846. The molecule has 1 rings (SSSR count). The lowest BCUT2D eigenvalue weighted by molar-refractivity contribution is -0.177. The van der Waals surface area contributed by atoms with E-state index in [0.29, 0.717) is 0 Å². The van der Waals surface area contributed by atoms with Crippen LogP contribution in [-0.2, 0) is 9.53 Å². The minimum absolute atomic E-state index is 0.0391. The number of carbonyl (C=O) groups is 2. The molecule has 1 fully saturated rings. The number of carboxylic acids is 1. The molecule has 0 aromatic heterocycles. The highest BCUT2D eigenvalue weighted by molar-refractivity contribution is 5.75. The monoisotopic (exact) mass is 272 g/mol. The number of nitrogens with one attached hydrogen (secondary N) is 1. The first-order chi connectivity index (χ1) is 8.64. The van der Waals surface area contributed by atoms with Crippen LogP contribution in [0.3, 0.4) is 0 Å². The van der Waals surface area contributed by atoms with E-state index in [9.17, 15) is 9.59 Å². The van der Waals surface area contributed by atoms with Crippen molar-refractivity contribution in [2.45, 2.75) is 45.3 Å². The van der Waals surface area contributed by atoms with Gasteiger partial charge in [-0.2, -0.15) is 0 Å². The van der Waals surface area contributed by atoms with Gasteiger partial charge in [0.25, 0.3) is 0 Å². The smallest absolute Gasteiger partial charge is 0.317 e. The molecule has 1 saturated carbocycles. The Kier molecular flexibility index (Phi) is 4.45. The van der Waals surface area contributed by atoms with Gasteiger partial charge in [-0.1, -0.05) is 13.8 Å². The van der Waals surface area contributed by atoms with Crippen LogP contribution < -0.4 is 5.32 Å². The first-order valence-electron chi connectivity index (χ1n) is 6.42. The molecule has 0 bridgehead atoms. The van der Waals surface area contributed by atoms with E-state index in [1.165, 1.54) is 4.90 Å². The molecular weight excluding hydrogens is 248 g/mol. The summed E-state index contributed by atoms with van der Waals surface area (Å²) in [5.74, 6) is -0.907. The number of carboxylic acid groups (broad SMARTS) is 1. The van der Waals surface area contributed by atoms with E-state index in [1.807, 2.05) is 6.92 Å². The molecule has 1 aliphatic rings. The van der Waals surface area contributed by atoms with Crippen molar-refractivity contribution in [2.75, 3.05) is 20.7 Å². The zero-order chi connectivity index (χ0) is 14.8. The summed E-state index contributed by atoms with van der Waals surface area (Å²) >= 11 is 0. The Morgan fingerprint density at radius 3 is 2.42 bits per heavy atom. The highest BCUT2D eigenvalue weighted by Gasteiger charge is 2.58. The Morgan fingerprint density at radius 2 is 2.00 bits per heavy atom. The maximum absolute atomic E-state index is 11.9. The molecule has 2 unspecified atom stereocenters. The number of ether oxygens (including phenoxy) is 1. The van der Waals surface area contributed by atoms with Crippen LogP contribution in [0, 0.1) is 5.41 Å². The maximum atomic E-state index is 11.9. The Balaban J connectivity index is 2.49. The van der Waals surface area contributed by atoms with Crippen LogP contribution in [0.4, 0.5) is 4.79 Å². The van der Waals surface area contributed by atoms with Crippen molar-refractivity contribution in [2.24, 2.45) is 5.41 Å². The molecule has 19 heavy (non-hydrogen) atoms. The average molecular weight is 272 g/mol. The Bertz CT molecular complexity index is 370. The fourth-order valence-electron chi connectivity index (χ4n) is 2.35. The van der Waals surface area contributed by atoms with Gasteiger partial charge < -0.3 is 20.1 Å². The normalized spacial score (nSPS) is 28.4. The quantitative estimate of drug-likeness (QED) is 0.791. The van der Waals surface area contributed by atoms with Gasteiger partial charge in [0, 0.05) is 32.2 Å². The van der Waals surface area contributed by atoms with Crippen molar-refractivity contribution in [1.82, 2.24) is 10.2 Å². The summed E-state index contributed by atoms with van der Waals surface area (Å²) in [6, 6.07) is -0.199. The van der Waals surface area contributed by atoms with Crippen molar-refractivity contribution < 1.29 is 19.4 Å². The van der Waals surface area contributed by atoms with Gasteiger partial charge in [-0.05, 0) is 13.3 Å². The molecule has 6 heteroatoms. The number of hydrogen-bond donors (Lipinski definition) is 2. The summed E-state index contributed by atoms with van der Waals surface area (Å²) in [4.78, 5) is 23.8. The van der Waals surface area contributed by atoms with Gasteiger partial charge in [0.05, 0.1) is 12.0 Å². The van der Waals surface area contributed by atoms with Crippen LogP contribution in [0.1, 0.15) is 33.6 Å². The lowest BCUT2D eigenvalue weighted by Crippen LogP contribution is -2.69. The van der Waals surface area contributed by atoms with Crippen LogP contribution in [0.2, 0.25) is 0 Å². The number of aliphatic carboxylic acids is 1. The Hall–Kier alpha value is -1.30. The van der Waals surface area contributed by atoms with E-state index in [1.54, 1.807) is 14.2 Å². The van der Waals surface area contributed by atoms with E-state index < -0.39 is 5.97 Å². The molecule has 0 saturated heterocycles. The van der Waals surface area contributed by atoms with Crippen LogP contribution in [0.15, 0.2) is 0 Å². The van der Waals surface area contributed by atoms with Gasteiger partial charge in [0.15, 0.2) is 0 Å². The number of rotatable bonds is 5. The SMILES string of the molecule is COC1(C)CC(NC(=O)N(C)CCC(=O)O)C1(C)C. The third-order valence-corrected chi connectivity index (χ3v) is 4.58. The minimum atomic E-state index is -0.907. The molecule has 0 radical (unpaired) electrons. The molecule has 1 aliphatic carbocycles. The standard InChI is InChI=1S/C13H24N2O4/c1-12(2)9(8-13(12,3)19-5)14-11(18)15(4)7-6-10(16)17/h9H,6-8H2,1-5H3,(H,14,18)(H,16,17). The van der Waals surface area contributed by atoms with Crippen LogP contribution >= 0.6 is 0 Å². The predicted molar refractivity (Wildman–Crippen MR) is 71.0 cm³/mol. The summed E-state index contributed by atoms with van der Waals surface area (Å²) in [6.45, 7) is 6.35. The lowest BCUT2D eigenvalue weighted by atomic mass is 9.56. The maximum Gasteiger partial charge on any atom is 0.317 e. The summed E-state index contributed by atoms with van der Waals surface area (Å²) < 4.78 is 5.50. The van der Waals surface area contributed by atoms with E-state index in [2.05, 4.69) is 19.2 Å². The largest absolute Gasteiger partial charge is 0.481 e. The van der Waals surface area contributed by atoms with E-state index in [-0.39, 0.29) is 36.1 Å². The van der Waals surface area contributed by atoms with E-state index in [0.717, 1.165) is 6.42 Å². The second-order valence-corrected chi connectivity index (χ2v) is 5.93. The molecule has 2 atom stereocenters. The topological polar surface area (TPSA) is 78.9 Å². The number of urea groups is 1. The van der Waals surface area contributed by atoms with Gasteiger partial charge >= 0.3 is 12.0 Å². The number of carbonyl (C=O) groups excluding carboxylic acids is 1. The molecular formula is C13H24N2O4. The van der Waals surface area contributed by atoms with Crippen LogP contribution in [-0.4, -0.2) is 54.4 Å². The van der Waals surface area contributed by atoms with Gasteiger partial charge in [0.2, 0.25) is 0 Å². The lowest BCUT2D eigenvalue weighted by Gasteiger charge is -2.59. The van der Waals surface area contributed by atoms with E-state index in [4.69, 9.17) is 9.84 Å². The molecule has 0 heterocycles. The average Bonchev–Trinajstić information content (AvgIpc) is 2.34. The molecule has 6 nitrogen and oxygen atoms in total. The Labute approximate surface area is 114 Å². The van der Waals surface area contributed by atoms with Crippen molar-refractivity contribution >= 4 is 12.0 Å². The molecule has 0 aromatic carbocycles. The molecule has 0 aromatic rings. The van der Waals surface area contributed by atoms with Crippen LogP contribution in [0.25, 0.3) is 0 Å². The number of amides is 2. The second-order valence-electron chi connectivity index (χ2n) is 5.93. The van der Waals surface area contributed by atoms with Crippen molar-refractivity contribution in [1.29, 1.82) is 0 Å². The first-order valence-corrected chi connectivity index (χ1v) is 6.42. The van der Waals surface area contributed by atoms with Gasteiger partial charge in [0.1, 0.15) is 0 Å². The zero-order valence-corrected chi connectivity index (χ0v) is 12.3. The predicted octanol–water partition coefficient (Wildman–Crippen LogP) is 1.31. The Morgan fingerprint density at radius 1 is 1.42 bits per heavy atom. The minimum Gasteiger partial charge on any atom is -0.481 e. The number of methoxy groups -OCH3 is 1. The summed E-state index contributed by atoms with van der Waals surface area (Å²) in [5, 5.41) is 11.5. The third kappa shape index (κ3) is 3.00. The van der Waals surface area contributed by atoms with Gasteiger partial charge in [-0.15, -0.1) is 0 Å². The second kappa shape index (κ2) is 5.36. The first kappa shape index (κ1) is 15.8. The number of nitrogens with zero attached hydrogens (tertiary/aromatic N) is 1. The molecule has 2 N–H and O–H groups in total. The molecule has 0 spiro atoms. The van der Waals surface area contributed by atoms with Crippen LogP contribution in [0.5, 0.6) is 0 Å². The molecule has 0 aliphatic heterocycles. The summed E-state index contributed by atoms with van der Waals surface area (Å²) in [5.41, 5.74) is -0.379. The third-order valence-electron chi connectivity index (χ3n) is 4.58. The number of hydrogen-bond acceptors (Lipinski definition) is 3. The molecule has 110 valence electrons. The molecule has 2 amide bonds. The highest BCUT2D eigenvalue weighted by Crippen LogP contribution is 2.51. The van der Waals surface area contributed by atoms with Crippen molar-refractivity contribution in [3.63, 3.8) is 0 Å². The summed E-state index contributed by atoms with van der Waals surface area (Å²) in [7, 11) is 3.28. The van der Waals surface area contributed by atoms with Crippen molar-refractivity contribution in [3.8, 4) is 0 Å².